The van der Waals surface area contributed by atoms with Gasteiger partial charge in [0, 0.05) is 10.5 Å². The third kappa shape index (κ3) is 3.81. The Hall–Kier alpha value is -1.44. The lowest BCUT2D eigenvalue weighted by Crippen LogP contribution is -2.41. The molecular formula is C14H17BrN2O4. The summed E-state index contributed by atoms with van der Waals surface area (Å²) in [7, 11) is 0. The van der Waals surface area contributed by atoms with Crippen LogP contribution in [0.5, 0.6) is 0 Å². The van der Waals surface area contributed by atoms with E-state index < -0.39 is 5.97 Å². The summed E-state index contributed by atoms with van der Waals surface area (Å²) in [5, 5.41) is 15.1. The largest absolute Gasteiger partial charge is 0.478 e. The van der Waals surface area contributed by atoms with E-state index in [1.54, 1.807) is 12.1 Å². The number of halogens is 1. The predicted molar refractivity (Wildman–Crippen MR) is 81.5 cm³/mol. The number of carboxylic acids is 1. The number of carbonyl (C=O) groups is 2. The highest BCUT2D eigenvalue weighted by molar-refractivity contribution is 9.10. The maximum absolute atomic E-state index is 12.3. The van der Waals surface area contributed by atoms with E-state index in [0.29, 0.717) is 17.7 Å². The average molecular weight is 357 g/mol. The summed E-state index contributed by atoms with van der Waals surface area (Å²) in [6, 6.07) is 4.68. The standard InChI is InChI=1S/C14H17BrN2O4/c1-2-16-12-7-21-6-10(12)13(18)17-11-4-3-8(15)5-9(11)14(19)20/h3-5,10,12,16H,2,6-7H2,1H3,(H,17,18)(H,19,20). The minimum atomic E-state index is -1.09. The van der Waals surface area contributed by atoms with Crippen LogP contribution in [-0.4, -0.2) is 42.8 Å². The van der Waals surface area contributed by atoms with Crippen LogP contribution >= 0.6 is 15.9 Å². The van der Waals surface area contributed by atoms with Crippen LogP contribution in [-0.2, 0) is 9.53 Å². The molecule has 6 nitrogen and oxygen atoms in total. The first kappa shape index (κ1) is 15.9. The average Bonchev–Trinajstić information content (AvgIpc) is 2.89. The van der Waals surface area contributed by atoms with Gasteiger partial charge in [-0.25, -0.2) is 4.79 Å². The van der Waals surface area contributed by atoms with Crippen molar-refractivity contribution in [2.24, 2.45) is 5.92 Å². The molecule has 0 saturated carbocycles. The summed E-state index contributed by atoms with van der Waals surface area (Å²) in [4.78, 5) is 23.6. The molecule has 2 rings (SSSR count). The van der Waals surface area contributed by atoms with Crippen LogP contribution in [0.15, 0.2) is 22.7 Å². The third-order valence-electron chi connectivity index (χ3n) is 3.35. The summed E-state index contributed by atoms with van der Waals surface area (Å²) in [6.07, 6.45) is 0. The van der Waals surface area contributed by atoms with Gasteiger partial charge in [-0.15, -0.1) is 0 Å². The van der Waals surface area contributed by atoms with Crippen LogP contribution in [0.1, 0.15) is 17.3 Å². The van der Waals surface area contributed by atoms with Crippen LogP contribution in [0.25, 0.3) is 0 Å². The van der Waals surface area contributed by atoms with Gasteiger partial charge in [0.2, 0.25) is 5.91 Å². The number of aromatic carboxylic acids is 1. The maximum Gasteiger partial charge on any atom is 0.337 e. The van der Waals surface area contributed by atoms with Crippen molar-refractivity contribution >= 4 is 33.5 Å². The lowest BCUT2D eigenvalue weighted by molar-refractivity contribution is -0.120. The number of carboxylic acid groups (broad SMARTS) is 1. The molecule has 1 fully saturated rings. The summed E-state index contributed by atoms with van der Waals surface area (Å²) >= 11 is 3.22. The van der Waals surface area contributed by atoms with Gasteiger partial charge in [0.1, 0.15) is 0 Å². The minimum Gasteiger partial charge on any atom is -0.478 e. The van der Waals surface area contributed by atoms with Crippen LogP contribution in [0, 0.1) is 5.92 Å². The van der Waals surface area contributed by atoms with Crippen LogP contribution < -0.4 is 10.6 Å². The molecular weight excluding hydrogens is 340 g/mol. The maximum atomic E-state index is 12.3. The number of carbonyl (C=O) groups excluding carboxylic acids is 1. The number of hydrogen-bond donors (Lipinski definition) is 3. The second-order valence-electron chi connectivity index (χ2n) is 4.79. The third-order valence-corrected chi connectivity index (χ3v) is 3.85. The second kappa shape index (κ2) is 7.02. The van der Waals surface area contributed by atoms with Crippen molar-refractivity contribution in [1.82, 2.24) is 5.32 Å². The molecule has 1 heterocycles. The highest BCUT2D eigenvalue weighted by Crippen LogP contribution is 2.23. The molecule has 0 spiro atoms. The number of benzene rings is 1. The summed E-state index contributed by atoms with van der Waals surface area (Å²) in [5.74, 6) is -1.64. The van der Waals surface area contributed by atoms with Crippen molar-refractivity contribution in [3.8, 4) is 0 Å². The van der Waals surface area contributed by atoms with E-state index in [1.165, 1.54) is 6.07 Å². The van der Waals surface area contributed by atoms with Gasteiger partial charge in [-0.1, -0.05) is 22.9 Å². The molecule has 3 N–H and O–H groups in total. The molecule has 1 aromatic rings. The first-order valence-electron chi connectivity index (χ1n) is 6.67. The fraction of sp³-hybridized carbons (Fsp3) is 0.429. The molecule has 1 aliphatic rings. The molecule has 0 aromatic heterocycles. The van der Waals surface area contributed by atoms with E-state index in [9.17, 15) is 14.7 Å². The molecule has 1 saturated heterocycles. The zero-order chi connectivity index (χ0) is 15.4. The SMILES string of the molecule is CCNC1COCC1C(=O)Nc1ccc(Br)cc1C(=O)O. The van der Waals surface area contributed by atoms with Crippen molar-refractivity contribution in [2.75, 3.05) is 25.1 Å². The van der Waals surface area contributed by atoms with E-state index in [1.807, 2.05) is 6.92 Å². The Balaban J connectivity index is 2.14. The van der Waals surface area contributed by atoms with E-state index >= 15 is 0 Å². The predicted octanol–water partition coefficient (Wildman–Crippen LogP) is 1.71. The number of likely N-dealkylation sites (N-methyl/N-ethyl adjacent to an activating group) is 1. The highest BCUT2D eigenvalue weighted by atomic mass is 79.9. The molecule has 0 aliphatic carbocycles. The molecule has 2 unspecified atom stereocenters. The van der Waals surface area contributed by atoms with Crippen molar-refractivity contribution in [3.05, 3.63) is 28.2 Å². The highest BCUT2D eigenvalue weighted by Gasteiger charge is 2.33. The monoisotopic (exact) mass is 356 g/mol. The second-order valence-corrected chi connectivity index (χ2v) is 5.71. The normalized spacial score (nSPS) is 21.2. The Morgan fingerprint density at radius 1 is 1.43 bits per heavy atom. The van der Waals surface area contributed by atoms with Crippen molar-refractivity contribution < 1.29 is 19.4 Å². The summed E-state index contributed by atoms with van der Waals surface area (Å²) < 4.78 is 5.98. The van der Waals surface area contributed by atoms with Gasteiger partial charge in [-0.05, 0) is 24.7 Å². The van der Waals surface area contributed by atoms with Gasteiger partial charge in [0.05, 0.1) is 30.4 Å². The molecule has 7 heteroatoms. The molecule has 1 amide bonds. The van der Waals surface area contributed by atoms with Gasteiger partial charge in [0.25, 0.3) is 0 Å². The first-order chi connectivity index (χ1) is 10.0. The van der Waals surface area contributed by atoms with E-state index in [2.05, 4.69) is 26.6 Å². The number of rotatable bonds is 5. The summed E-state index contributed by atoms with van der Waals surface area (Å²) in [6.45, 7) is 3.53. The van der Waals surface area contributed by atoms with Crippen molar-refractivity contribution in [1.29, 1.82) is 0 Å². The number of hydrogen-bond acceptors (Lipinski definition) is 4. The van der Waals surface area contributed by atoms with Crippen LogP contribution in [0.3, 0.4) is 0 Å². The van der Waals surface area contributed by atoms with Gasteiger partial charge in [-0.3, -0.25) is 4.79 Å². The molecule has 0 bridgehead atoms. The number of amides is 1. The lowest BCUT2D eigenvalue weighted by atomic mass is 10.0. The van der Waals surface area contributed by atoms with Gasteiger partial charge in [-0.2, -0.15) is 0 Å². The van der Waals surface area contributed by atoms with E-state index in [0.717, 1.165) is 6.54 Å². The molecule has 0 radical (unpaired) electrons. The molecule has 2 atom stereocenters. The quantitative estimate of drug-likeness (QED) is 0.747. The van der Waals surface area contributed by atoms with Crippen LogP contribution in [0.4, 0.5) is 5.69 Å². The zero-order valence-electron chi connectivity index (χ0n) is 11.6. The van der Waals surface area contributed by atoms with E-state index in [-0.39, 0.29) is 29.1 Å². The van der Waals surface area contributed by atoms with Crippen LogP contribution in [0.2, 0.25) is 0 Å². The molecule has 1 aliphatic heterocycles. The number of ether oxygens (including phenoxy) is 1. The Kier molecular flexibility index (Phi) is 5.33. The Bertz CT molecular complexity index is 550. The fourth-order valence-corrected chi connectivity index (χ4v) is 2.66. The lowest BCUT2D eigenvalue weighted by Gasteiger charge is -2.18. The smallest absolute Gasteiger partial charge is 0.337 e. The van der Waals surface area contributed by atoms with Gasteiger partial charge < -0.3 is 20.5 Å². The molecule has 1 aromatic carbocycles. The number of nitrogens with one attached hydrogen (secondary N) is 2. The fourth-order valence-electron chi connectivity index (χ4n) is 2.30. The van der Waals surface area contributed by atoms with Gasteiger partial charge >= 0.3 is 5.97 Å². The van der Waals surface area contributed by atoms with Gasteiger partial charge in [0.15, 0.2) is 0 Å². The summed E-state index contributed by atoms with van der Waals surface area (Å²) in [5.41, 5.74) is 0.342. The Morgan fingerprint density at radius 3 is 2.86 bits per heavy atom. The van der Waals surface area contributed by atoms with Crippen molar-refractivity contribution in [3.63, 3.8) is 0 Å². The minimum absolute atomic E-state index is 0.0428. The topological polar surface area (TPSA) is 87.7 Å². The first-order valence-corrected chi connectivity index (χ1v) is 7.47. The Labute approximate surface area is 131 Å². The molecule has 114 valence electrons. The number of anilines is 1. The molecule has 21 heavy (non-hydrogen) atoms. The van der Waals surface area contributed by atoms with E-state index in [4.69, 9.17) is 4.74 Å². The zero-order valence-corrected chi connectivity index (χ0v) is 13.1. The Morgan fingerprint density at radius 2 is 2.19 bits per heavy atom. The van der Waals surface area contributed by atoms with Crippen molar-refractivity contribution in [2.45, 2.75) is 13.0 Å².